The van der Waals surface area contributed by atoms with Crippen molar-refractivity contribution < 1.29 is 18.8 Å². The number of hydrogen-bond donors (Lipinski definition) is 1. The number of halogens is 1. The molecule has 4 rings (SSSR count). The maximum absolute atomic E-state index is 13.4. The van der Waals surface area contributed by atoms with E-state index in [-0.39, 0.29) is 18.5 Å². The number of amides is 4. The van der Waals surface area contributed by atoms with Gasteiger partial charge in [0, 0.05) is 12.6 Å². The Hall–Kier alpha value is -3.22. The van der Waals surface area contributed by atoms with Gasteiger partial charge in [-0.2, -0.15) is 0 Å². The van der Waals surface area contributed by atoms with Crippen molar-refractivity contribution in [2.24, 2.45) is 5.92 Å². The molecule has 168 valence electrons. The largest absolute Gasteiger partial charge is 0.334 e. The molecule has 2 atom stereocenters. The lowest BCUT2D eigenvalue weighted by atomic mass is 9.87. The maximum atomic E-state index is 13.4. The van der Waals surface area contributed by atoms with E-state index < -0.39 is 23.3 Å². The summed E-state index contributed by atoms with van der Waals surface area (Å²) in [6, 6.07) is 14.6. The lowest BCUT2D eigenvalue weighted by Gasteiger charge is -2.31. The molecule has 1 N–H and O–H groups in total. The molecule has 2 fully saturated rings. The van der Waals surface area contributed by atoms with Crippen molar-refractivity contribution in [1.29, 1.82) is 0 Å². The van der Waals surface area contributed by atoms with E-state index in [4.69, 9.17) is 0 Å². The third kappa shape index (κ3) is 4.11. The molecule has 4 amide bonds. The SMILES string of the molecule is CCC1(c2ccc(F)cc2)NC(=O)N(CC(=O)N(Cc2ccccc2)C(C)C2CC2)C1=O. The van der Waals surface area contributed by atoms with Crippen LogP contribution >= 0.6 is 0 Å². The van der Waals surface area contributed by atoms with E-state index >= 15 is 0 Å². The number of benzene rings is 2. The fourth-order valence-electron chi connectivity index (χ4n) is 4.44. The van der Waals surface area contributed by atoms with Gasteiger partial charge in [-0.3, -0.25) is 14.5 Å². The molecule has 7 heteroatoms. The van der Waals surface area contributed by atoms with Crippen LogP contribution in [0.3, 0.4) is 0 Å². The molecule has 1 saturated heterocycles. The summed E-state index contributed by atoms with van der Waals surface area (Å²) in [6.45, 7) is 3.92. The first-order chi connectivity index (χ1) is 15.4. The minimum atomic E-state index is -1.29. The highest BCUT2D eigenvalue weighted by Gasteiger charge is 2.52. The second-order valence-electron chi connectivity index (χ2n) is 8.67. The van der Waals surface area contributed by atoms with Crippen LogP contribution in [0.15, 0.2) is 54.6 Å². The summed E-state index contributed by atoms with van der Waals surface area (Å²) in [6.07, 6.45) is 2.44. The fraction of sp³-hybridized carbons (Fsp3) is 0.400. The van der Waals surface area contributed by atoms with Gasteiger partial charge >= 0.3 is 6.03 Å². The van der Waals surface area contributed by atoms with Crippen molar-refractivity contribution in [3.05, 3.63) is 71.5 Å². The normalized spacial score (nSPS) is 21.4. The van der Waals surface area contributed by atoms with Crippen molar-refractivity contribution >= 4 is 17.8 Å². The van der Waals surface area contributed by atoms with E-state index in [0.717, 1.165) is 23.3 Å². The van der Waals surface area contributed by atoms with Gasteiger partial charge in [-0.25, -0.2) is 9.18 Å². The molecule has 0 spiro atoms. The summed E-state index contributed by atoms with van der Waals surface area (Å²) in [5, 5.41) is 2.76. The number of carbonyl (C=O) groups excluding carboxylic acids is 3. The Morgan fingerprint density at radius 1 is 1.16 bits per heavy atom. The minimum absolute atomic E-state index is 0.0245. The van der Waals surface area contributed by atoms with Crippen LogP contribution in [-0.2, 0) is 21.7 Å². The average Bonchev–Trinajstić information content (AvgIpc) is 3.62. The monoisotopic (exact) mass is 437 g/mol. The van der Waals surface area contributed by atoms with Gasteiger partial charge in [0.1, 0.15) is 17.9 Å². The highest BCUT2D eigenvalue weighted by molar-refractivity contribution is 6.09. The summed E-state index contributed by atoms with van der Waals surface area (Å²) in [5.41, 5.74) is 0.208. The molecular formula is C25H28FN3O3. The minimum Gasteiger partial charge on any atom is -0.334 e. The zero-order valence-corrected chi connectivity index (χ0v) is 18.4. The Kier molecular flexibility index (Phi) is 6.00. The number of nitrogens with zero attached hydrogens (tertiary/aromatic N) is 2. The molecule has 32 heavy (non-hydrogen) atoms. The van der Waals surface area contributed by atoms with Crippen molar-refractivity contribution in [1.82, 2.24) is 15.1 Å². The summed E-state index contributed by atoms with van der Waals surface area (Å²) in [7, 11) is 0. The molecule has 1 heterocycles. The molecular weight excluding hydrogens is 409 g/mol. The molecule has 2 aromatic carbocycles. The predicted octanol–water partition coefficient (Wildman–Crippen LogP) is 3.81. The number of urea groups is 1. The second kappa shape index (κ2) is 8.73. The molecule has 2 aromatic rings. The van der Waals surface area contributed by atoms with Crippen LogP contribution < -0.4 is 5.32 Å². The van der Waals surface area contributed by atoms with Gasteiger partial charge in [0.05, 0.1) is 0 Å². The van der Waals surface area contributed by atoms with Crippen molar-refractivity contribution in [2.45, 2.75) is 51.2 Å². The van der Waals surface area contributed by atoms with E-state index in [1.165, 1.54) is 24.3 Å². The van der Waals surface area contributed by atoms with Gasteiger partial charge in [-0.05, 0) is 55.4 Å². The van der Waals surface area contributed by atoms with Gasteiger partial charge in [0.2, 0.25) is 5.91 Å². The number of rotatable bonds is 8. The maximum Gasteiger partial charge on any atom is 0.325 e. The number of imide groups is 1. The van der Waals surface area contributed by atoms with Gasteiger partial charge in [-0.1, -0.05) is 49.4 Å². The average molecular weight is 438 g/mol. The molecule has 0 bridgehead atoms. The zero-order chi connectivity index (χ0) is 22.9. The number of nitrogens with one attached hydrogen (secondary N) is 1. The first-order valence-electron chi connectivity index (χ1n) is 11.1. The van der Waals surface area contributed by atoms with Crippen molar-refractivity contribution in [3.63, 3.8) is 0 Å². The Bertz CT molecular complexity index is 1010. The van der Waals surface area contributed by atoms with E-state index in [0.29, 0.717) is 24.4 Å². The van der Waals surface area contributed by atoms with Gasteiger partial charge in [0.25, 0.3) is 5.91 Å². The number of carbonyl (C=O) groups is 3. The first kappa shape index (κ1) is 22.0. The lowest BCUT2D eigenvalue weighted by Crippen LogP contribution is -2.47. The zero-order valence-electron chi connectivity index (χ0n) is 18.4. The van der Waals surface area contributed by atoms with Crippen LogP contribution in [0.25, 0.3) is 0 Å². The standard InChI is InChI=1S/C25H28FN3O3/c1-3-25(20-11-13-21(26)14-12-20)23(31)29(24(32)27-25)16-22(30)28(17(2)19-9-10-19)15-18-7-5-4-6-8-18/h4-8,11-14,17,19H,3,9-10,15-16H2,1-2H3,(H,27,32). The first-order valence-corrected chi connectivity index (χ1v) is 11.1. The molecule has 2 unspecified atom stereocenters. The highest BCUT2D eigenvalue weighted by Crippen LogP contribution is 2.36. The Balaban J connectivity index is 1.55. The highest BCUT2D eigenvalue weighted by atomic mass is 19.1. The molecule has 6 nitrogen and oxygen atoms in total. The Morgan fingerprint density at radius 3 is 2.41 bits per heavy atom. The topological polar surface area (TPSA) is 69.7 Å². The molecule has 2 aliphatic rings. The van der Waals surface area contributed by atoms with E-state index in [2.05, 4.69) is 5.32 Å². The van der Waals surface area contributed by atoms with Gasteiger partial charge < -0.3 is 10.2 Å². The molecule has 1 saturated carbocycles. The number of hydrogen-bond acceptors (Lipinski definition) is 3. The Labute approximate surface area is 187 Å². The summed E-state index contributed by atoms with van der Waals surface area (Å²) < 4.78 is 13.4. The van der Waals surface area contributed by atoms with Crippen LogP contribution in [0.4, 0.5) is 9.18 Å². The van der Waals surface area contributed by atoms with Crippen molar-refractivity contribution in [3.8, 4) is 0 Å². The van der Waals surface area contributed by atoms with Crippen LogP contribution in [0.5, 0.6) is 0 Å². The lowest BCUT2D eigenvalue weighted by molar-refractivity contribution is -0.141. The quantitative estimate of drug-likeness (QED) is 0.639. The third-order valence-electron chi connectivity index (χ3n) is 6.65. The van der Waals surface area contributed by atoms with E-state index in [1.54, 1.807) is 11.8 Å². The summed E-state index contributed by atoms with van der Waals surface area (Å²) in [5.74, 6) is -0.722. The van der Waals surface area contributed by atoms with Crippen molar-refractivity contribution in [2.75, 3.05) is 6.54 Å². The Morgan fingerprint density at radius 2 is 1.81 bits per heavy atom. The van der Waals surface area contributed by atoms with Gasteiger partial charge in [0.15, 0.2) is 0 Å². The predicted molar refractivity (Wildman–Crippen MR) is 118 cm³/mol. The summed E-state index contributed by atoms with van der Waals surface area (Å²) >= 11 is 0. The second-order valence-corrected chi connectivity index (χ2v) is 8.67. The van der Waals surface area contributed by atoms with Crippen LogP contribution in [0.1, 0.15) is 44.2 Å². The van der Waals surface area contributed by atoms with Crippen LogP contribution in [0, 0.1) is 11.7 Å². The molecule has 0 aromatic heterocycles. The third-order valence-corrected chi connectivity index (χ3v) is 6.65. The smallest absolute Gasteiger partial charge is 0.325 e. The van der Waals surface area contributed by atoms with E-state index in [9.17, 15) is 18.8 Å². The molecule has 0 radical (unpaired) electrons. The van der Waals surface area contributed by atoms with E-state index in [1.807, 2.05) is 37.3 Å². The molecule has 1 aliphatic carbocycles. The summed E-state index contributed by atoms with van der Waals surface area (Å²) in [4.78, 5) is 42.3. The van der Waals surface area contributed by atoms with Crippen LogP contribution in [0.2, 0.25) is 0 Å². The molecule has 1 aliphatic heterocycles. The van der Waals surface area contributed by atoms with Crippen LogP contribution in [-0.4, -0.2) is 40.2 Å². The van der Waals surface area contributed by atoms with Gasteiger partial charge in [-0.15, -0.1) is 0 Å². The fourth-order valence-corrected chi connectivity index (χ4v) is 4.44.